The summed E-state index contributed by atoms with van der Waals surface area (Å²) in [4.78, 5) is 0.373. The summed E-state index contributed by atoms with van der Waals surface area (Å²) in [7, 11) is -3.46. The number of hydrogen-bond donors (Lipinski definition) is 1. The summed E-state index contributed by atoms with van der Waals surface area (Å²) in [6, 6.07) is 7.12. The molecule has 3 nitrogen and oxygen atoms in total. The third kappa shape index (κ3) is 14.6. The van der Waals surface area contributed by atoms with Crippen molar-refractivity contribution in [1.82, 2.24) is 0 Å². The lowest BCUT2D eigenvalue weighted by Gasteiger charge is -2.16. The van der Waals surface area contributed by atoms with Crippen molar-refractivity contribution in [3.05, 3.63) is 42.0 Å². The lowest BCUT2D eigenvalue weighted by atomic mass is 10.0. The molecule has 36 heavy (non-hydrogen) atoms. The van der Waals surface area contributed by atoms with E-state index in [4.69, 9.17) is 0 Å². The highest BCUT2D eigenvalue weighted by Gasteiger charge is 2.25. The predicted molar refractivity (Wildman–Crippen MR) is 156 cm³/mol. The van der Waals surface area contributed by atoms with Gasteiger partial charge in [0, 0.05) is 0 Å². The zero-order chi connectivity index (χ0) is 26.7. The molecule has 1 rings (SSSR count). The summed E-state index contributed by atoms with van der Waals surface area (Å²) in [5.41, 5.74) is 1.05. The molecule has 0 spiro atoms. The molecular formula is C32H56O3S. The van der Waals surface area contributed by atoms with Gasteiger partial charge >= 0.3 is 0 Å². The van der Waals surface area contributed by atoms with Crippen molar-refractivity contribution < 1.29 is 13.5 Å². The Kier molecular flexibility index (Phi) is 18.2. The Morgan fingerprint density at radius 3 is 1.53 bits per heavy atom. The van der Waals surface area contributed by atoms with Crippen LogP contribution in [0.1, 0.15) is 135 Å². The first-order valence-electron chi connectivity index (χ1n) is 15.0. The van der Waals surface area contributed by atoms with E-state index < -0.39 is 21.2 Å². The first-order chi connectivity index (χ1) is 17.3. The second-order valence-electron chi connectivity index (χ2n) is 11.1. The molecule has 1 N–H and O–H groups in total. The van der Waals surface area contributed by atoms with E-state index in [1.54, 1.807) is 24.3 Å². The highest BCUT2D eigenvalue weighted by molar-refractivity contribution is 7.92. The Hall–Kier alpha value is -1.13. The minimum atomic E-state index is -3.46. The van der Waals surface area contributed by atoms with E-state index in [0.717, 1.165) is 18.4 Å². The predicted octanol–water partition coefficient (Wildman–Crippen LogP) is 9.36. The van der Waals surface area contributed by atoms with Crippen molar-refractivity contribution in [2.45, 2.75) is 153 Å². The Balaban J connectivity index is 2.29. The summed E-state index contributed by atoms with van der Waals surface area (Å²) in [6.45, 7) is 8.11. The quantitative estimate of drug-likeness (QED) is 0.122. The van der Waals surface area contributed by atoms with Crippen molar-refractivity contribution in [3.63, 3.8) is 0 Å². The Morgan fingerprint density at radius 1 is 0.694 bits per heavy atom. The van der Waals surface area contributed by atoms with Crippen molar-refractivity contribution in [2.75, 3.05) is 0 Å². The first kappa shape index (κ1) is 32.9. The van der Waals surface area contributed by atoms with Gasteiger partial charge in [-0.25, -0.2) is 8.42 Å². The molecule has 4 heteroatoms. The second-order valence-corrected chi connectivity index (χ2v) is 13.3. The van der Waals surface area contributed by atoms with Crippen LogP contribution in [0.5, 0.6) is 0 Å². The molecular weight excluding hydrogens is 464 g/mol. The fraction of sp³-hybridized carbons (Fsp3) is 0.750. The maximum Gasteiger partial charge on any atom is 0.184 e. The SMILES string of the molecule is CCCCCCCCCCCCCCCCCCC(/C=C/C(O)C(C)C)S(=O)(=O)c1ccc(C)cc1. The van der Waals surface area contributed by atoms with Crippen LogP contribution in [0, 0.1) is 12.8 Å². The largest absolute Gasteiger partial charge is 0.389 e. The van der Waals surface area contributed by atoms with Crippen LogP contribution in [0.25, 0.3) is 0 Å². The van der Waals surface area contributed by atoms with Crippen LogP contribution < -0.4 is 0 Å². The van der Waals surface area contributed by atoms with Gasteiger partial charge in [-0.15, -0.1) is 0 Å². The molecule has 0 bridgehead atoms. The molecule has 0 saturated heterocycles. The van der Waals surface area contributed by atoms with E-state index in [0.29, 0.717) is 11.3 Å². The zero-order valence-electron chi connectivity index (χ0n) is 23.9. The monoisotopic (exact) mass is 520 g/mol. The van der Waals surface area contributed by atoms with Crippen molar-refractivity contribution in [3.8, 4) is 0 Å². The Labute approximate surface area is 224 Å². The maximum absolute atomic E-state index is 13.3. The van der Waals surface area contributed by atoms with Gasteiger partial charge in [-0.05, 0) is 31.4 Å². The third-order valence-corrected chi connectivity index (χ3v) is 9.42. The van der Waals surface area contributed by atoms with Gasteiger partial charge in [-0.1, -0.05) is 153 Å². The minimum Gasteiger partial charge on any atom is -0.389 e. The number of sulfone groups is 1. The summed E-state index contributed by atoms with van der Waals surface area (Å²) in [6.07, 6.45) is 24.3. The van der Waals surface area contributed by atoms with Crippen molar-refractivity contribution >= 4 is 9.84 Å². The number of hydrogen-bond acceptors (Lipinski definition) is 3. The lowest BCUT2D eigenvalue weighted by molar-refractivity contribution is 0.172. The smallest absolute Gasteiger partial charge is 0.184 e. The van der Waals surface area contributed by atoms with E-state index in [2.05, 4.69) is 6.92 Å². The fourth-order valence-corrected chi connectivity index (χ4v) is 6.25. The molecule has 0 radical (unpaired) electrons. The number of aryl methyl sites for hydroxylation is 1. The normalized spacial score (nSPS) is 14.1. The van der Waals surface area contributed by atoms with Crippen LogP contribution in [0.15, 0.2) is 41.3 Å². The van der Waals surface area contributed by atoms with Crippen LogP contribution in [0.2, 0.25) is 0 Å². The van der Waals surface area contributed by atoms with Crippen LogP contribution in [-0.4, -0.2) is 24.9 Å². The first-order valence-corrected chi connectivity index (χ1v) is 16.5. The van der Waals surface area contributed by atoms with E-state index in [9.17, 15) is 13.5 Å². The number of aliphatic hydroxyl groups is 1. The molecule has 1 aromatic rings. The number of benzene rings is 1. The molecule has 0 amide bonds. The molecule has 0 aliphatic rings. The van der Waals surface area contributed by atoms with E-state index >= 15 is 0 Å². The van der Waals surface area contributed by atoms with Gasteiger partial charge in [0.15, 0.2) is 9.84 Å². The summed E-state index contributed by atoms with van der Waals surface area (Å²) in [5.74, 6) is 0.0690. The van der Waals surface area contributed by atoms with Crippen LogP contribution in [0.3, 0.4) is 0 Å². The molecule has 0 saturated carbocycles. The molecule has 0 heterocycles. The van der Waals surface area contributed by atoms with E-state index in [-0.39, 0.29) is 5.92 Å². The van der Waals surface area contributed by atoms with Crippen LogP contribution in [-0.2, 0) is 9.84 Å². The molecule has 208 valence electrons. The van der Waals surface area contributed by atoms with E-state index in [1.165, 1.54) is 89.9 Å². The van der Waals surface area contributed by atoms with Gasteiger partial charge in [-0.2, -0.15) is 0 Å². The highest BCUT2D eigenvalue weighted by atomic mass is 32.2. The van der Waals surface area contributed by atoms with Gasteiger partial charge in [0.1, 0.15) is 0 Å². The average molecular weight is 521 g/mol. The van der Waals surface area contributed by atoms with Crippen molar-refractivity contribution in [2.24, 2.45) is 5.92 Å². The molecule has 0 fully saturated rings. The van der Waals surface area contributed by atoms with Gasteiger partial charge in [0.2, 0.25) is 0 Å². The molecule has 2 unspecified atom stereocenters. The minimum absolute atomic E-state index is 0.0690. The molecule has 0 aliphatic carbocycles. The van der Waals surface area contributed by atoms with Gasteiger partial charge in [0.05, 0.1) is 16.2 Å². The van der Waals surface area contributed by atoms with Crippen LogP contribution >= 0.6 is 0 Å². The molecule has 2 atom stereocenters. The topological polar surface area (TPSA) is 54.4 Å². The van der Waals surface area contributed by atoms with Gasteiger partial charge in [0.25, 0.3) is 0 Å². The maximum atomic E-state index is 13.3. The molecule has 0 aliphatic heterocycles. The standard InChI is InChI=1S/C32H56O3S/c1-5-6-7-8-9-10-11-12-13-14-15-16-17-18-19-20-21-30(26-27-32(33)28(2)3)36(34,35)31-24-22-29(4)23-25-31/h22-28,30,32-33H,5-21H2,1-4H3/b27-26+. The summed E-state index contributed by atoms with van der Waals surface area (Å²) < 4.78 is 26.6. The number of rotatable bonds is 22. The third-order valence-electron chi connectivity index (χ3n) is 7.30. The average Bonchev–Trinajstić information content (AvgIpc) is 2.85. The second kappa shape index (κ2) is 19.9. The lowest BCUT2D eigenvalue weighted by Crippen LogP contribution is -2.21. The van der Waals surface area contributed by atoms with Crippen LogP contribution in [0.4, 0.5) is 0 Å². The summed E-state index contributed by atoms with van der Waals surface area (Å²) >= 11 is 0. The highest BCUT2D eigenvalue weighted by Crippen LogP contribution is 2.23. The molecule has 1 aromatic carbocycles. The Morgan fingerprint density at radius 2 is 1.11 bits per heavy atom. The fourth-order valence-electron chi connectivity index (χ4n) is 4.61. The zero-order valence-corrected chi connectivity index (χ0v) is 24.7. The number of unbranched alkanes of at least 4 members (excludes halogenated alkanes) is 15. The molecule has 0 aromatic heterocycles. The van der Waals surface area contributed by atoms with Gasteiger partial charge in [-0.3, -0.25) is 0 Å². The number of aliphatic hydroxyl groups excluding tert-OH is 1. The van der Waals surface area contributed by atoms with Crippen molar-refractivity contribution in [1.29, 1.82) is 0 Å². The van der Waals surface area contributed by atoms with Gasteiger partial charge < -0.3 is 5.11 Å². The van der Waals surface area contributed by atoms with E-state index in [1.807, 2.05) is 32.9 Å². The Bertz CT molecular complexity index is 780. The summed E-state index contributed by atoms with van der Waals surface area (Å²) in [5, 5.41) is 9.60.